The van der Waals surface area contributed by atoms with Crippen molar-refractivity contribution in [2.75, 3.05) is 13.2 Å². The number of benzene rings is 1. The minimum Gasteiger partial charge on any atom is -0.508 e. The SMILES string of the molecule is CC(C)OCCCN1C(=O)C(=O)/C(=C(\O)c2ccncc2)C1c1cccc(O)c1. The van der Waals surface area contributed by atoms with Crippen LogP contribution in [0.25, 0.3) is 5.76 Å². The standard InChI is InChI=1S/C22H24N2O5/c1-14(2)29-12-4-11-24-19(16-5-3-6-17(25)13-16)18(21(27)22(24)28)20(26)15-7-9-23-10-8-15/h3,5-10,13-14,19,25-26H,4,11-12H2,1-2H3/b20-18-. The highest BCUT2D eigenvalue weighted by molar-refractivity contribution is 6.46. The molecule has 1 atom stereocenters. The highest BCUT2D eigenvalue weighted by Crippen LogP contribution is 2.40. The lowest BCUT2D eigenvalue weighted by Crippen LogP contribution is -2.31. The van der Waals surface area contributed by atoms with E-state index in [1.165, 1.54) is 29.4 Å². The first-order chi connectivity index (χ1) is 13.9. The van der Waals surface area contributed by atoms with Crippen LogP contribution < -0.4 is 0 Å². The number of pyridine rings is 1. The van der Waals surface area contributed by atoms with Gasteiger partial charge in [0, 0.05) is 31.1 Å². The van der Waals surface area contributed by atoms with Crippen LogP contribution in [0.1, 0.15) is 37.4 Å². The average molecular weight is 396 g/mol. The Balaban J connectivity index is 2.02. The van der Waals surface area contributed by atoms with Gasteiger partial charge in [-0.25, -0.2) is 0 Å². The van der Waals surface area contributed by atoms with Gasteiger partial charge in [-0.05, 0) is 50.1 Å². The lowest BCUT2D eigenvalue weighted by atomic mass is 9.95. The number of carbonyl (C=O) groups excluding carboxylic acids is 2. The maximum Gasteiger partial charge on any atom is 0.295 e. The third-order valence-electron chi connectivity index (χ3n) is 4.67. The summed E-state index contributed by atoms with van der Waals surface area (Å²) in [6.07, 6.45) is 3.60. The van der Waals surface area contributed by atoms with Crippen LogP contribution >= 0.6 is 0 Å². The van der Waals surface area contributed by atoms with Crippen molar-refractivity contribution in [2.45, 2.75) is 32.4 Å². The molecule has 2 N–H and O–H groups in total. The molecule has 1 saturated heterocycles. The van der Waals surface area contributed by atoms with Crippen molar-refractivity contribution >= 4 is 17.4 Å². The van der Waals surface area contributed by atoms with Gasteiger partial charge in [0.15, 0.2) is 0 Å². The van der Waals surface area contributed by atoms with Crippen molar-refractivity contribution in [3.8, 4) is 5.75 Å². The van der Waals surface area contributed by atoms with Crippen LogP contribution in [0, 0.1) is 0 Å². The van der Waals surface area contributed by atoms with E-state index in [9.17, 15) is 19.8 Å². The van der Waals surface area contributed by atoms with E-state index in [1.807, 2.05) is 13.8 Å². The Bertz CT molecular complexity index is 924. The zero-order chi connectivity index (χ0) is 21.0. The lowest BCUT2D eigenvalue weighted by Gasteiger charge is -2.25. The molecule has 7 heteroatoms. The molecule has 0 radical (unpaired) electrons. The Morgan fingerprint density at radius 3 is 2.59 bits per heavy atom. The summed E-state index contributed by atoms with van der Waals surface area (Å²) in [6, 6.07) is 8.70. The molecule has 1 amide bonds. The summed E-state index contributed by atoms with van der Waals surface area (Å²) < 4.78 is 5.54. The fourth-order valence-electron chi connectivity index (χ4n) is 3.37. The first-order valence-corrected chi connectivity index (χ1v) is 9.49. The van der Waals surface area contributed by atoms with Gasteiger partial charge in [-0.15, -0.1) is 0 Å². The van der Waals surface area contributed by atoms with Crippen molar-refractivity contribution < 1.29 is 24.5 Å². The molecule has 3 rings (SSSR count). The molecular formula is C22H24N2O5. The lowest BCUT2D eigenvalue weighted by molar-refractivity contribution is -0.140. The molecule has 0 spiro atoms. The summed E-state index contributed by atoms with van der Waals surface area (Å²) in [5.74, 6) is -1.68. The van der Waals surface area contributed by atoms with E-state index in [-0.39, 0.29) is 29.7 Å². The van der Waals surface area contributed by atoms with Crippen molar-refractivity contribution in [2.24, 2.45) is 0 Å². The van der Waals surface area contributed by atoms with Gasteiger partial charge in [0.25, 0.3) is 11.7 Å². The molecule has 152 valence electrons. The Hall–Kier alpha value is -3.19. The number of phenolic OH excluding ortho intramolecular Hbond substituents is 1. The van der Waals surface area contributed by atoms with Gasteiger partial charge in [0.2, 0.25) is 0 Å². The average Bonchev–Trinajstić information content (AvgIpc) is 2.96. The topological polar surface area (TPSA) is 100.0 Å². The molecule has 1 aliphatic rings. The molecule has 1 aromatic carbocycles. The quantitative estimate of drug-likeness (QED) is 0.323. The van der Waals surface area contributed by atoms with Crippen molar-refractivity contribution in [3.05, 3.63) is 65.5 Å². The monoisotopic (exact) mass is 396 g/mol. The van der Waals surface area contributed by atoms with Crippen molar-refractivity contribution in [1.29, 1.82) is 0 Å². The number of nitrogens with zero attached hydrogens (tertiary/aromatic N) is 2. The number of carbonyl (C=O) groups is 2. The number of aromatic hydroxyl groups is 1. The number of Topliss-reactive ketones (excluding diaryl/α,β-unsaturated/α-hetero) is 1. The second kappa shape index (κ2) is 8.87. The molecule has 0 saturated carbocycles. The molecule has 0 bridgehead atoms. The number of aliphatic hydroxyl groups excluding tert-OH is 1. The van der Waals surface area contributed by atoms with Gasteiger partial charge >= 0.3 is 0 Å². The van der Waals surface area contributed by atoms with Crippen molar-refractivity contribution in [1.82, 2.24) is 9.88 Å². The Morgan fingerprint density at radius 2 is 1.93 bits per heavy atom. The fourth-order valence-corrected chi connectivity index (χ4v) is 3.37. The molecule has 1 unspecified atom stereocenters. The molecule has 1 aromatic heterocycles. The molecule has 2 aromatic rings. The minimum absolute atomic E-state index is 0.00317. The highest BCUT2D eigenvalue weighted by atomic mass is 16.5. The smallest absolute Gasteiger partial charge is 0.295 e. The zero-order valence-electron chi connectivity index (χ0n) is 16.4. The van der Waals surface area contributed by atoms with Crippen LogP contribution in [0.4, 0.5) is 0 Å². The number of aliphatic hydroxyl groups is 1. The molecule has 1 fully saturated rings. The van der Waals surface area contributed by atoms with Crippen LogP contribution in [0.5, 0.6) is 5.75 Å². The van der Waals surface area contributed by atoms with Gasteiger partial charge in [-0.1, -0.05) is 12.1 Å². The first kappa shape index (κ1) is 20.5. The number of ketones is 1. The van der Waals surface area contributed by atoms with Crippen LogP contribution in [0.3, 0.4) is 0 Å². The maximum absolute atomic E-state index is 12.8. The second-order valence-corrected chi connectivity index (χ2v) is 7.10. The summed E-state index contributed by atoms with van der Waals surface area (Å²) in [5.41, 5.74) is 0.937. The first-order valence-electron chi connectivity index (χ1n) is 9.49. The van der Waals surface area contributed by atoms with Crippen LogP contribution in [0.2, 0.25) is 0 Å². The summed E-state index contributed by atoms with van der Waals surface area (Å²) in [4.78, 5) is 30.9. The molecule has 29 heavy (non-hydrogen) atoms. The number of ether oxygens (including phenoxy) is 1. The van der Waals surface area contributed by atoms with Gasteiger partial charge in [-0.2, -0.15) is 0 Å². The second-order valence-electron chi connectivity index (χ2n) is 7.10. The summed E-state index contributed by atoms with van der Waals surface area (Å²) in [5, 5.41) is 20.7. The van der Waals surface area contributed by atoms with Gasteiger partial charge in [0.1, 0.15) is 11.5 Å². The Labute approximate surface area is 169 Å². The van der Waals surface area contributed by atoms with Gasteiger partial charge in [0.05, 0.1) is 17.7 Å². The van der Waals surface area contributed by atoms with Crippen molar-refractivity contribution in [3.63, 3.8) is 0 Å². The molecular weight excluding hydrogens is 372 g/mol. The zero-order valence-corrected chi connectivity index (χ0v) is 16.4. The fraction of sp³-hybridized carbons (Fsp3) is 0.318. The summed E-state index contributed by atoms with van der Waals surface area (Å²) >= 11 is 0. The van der Waals surface area contributed by atoms with E-state index in [0.29, 0.717) is 24.2 Å². The maximum atomic E-state index is 12.8. The number of hydrogen-bond donors (Lipinski definition) is 2. The molecule has 2 heterocycles. The molecule has 0 aliphatic carbocycles. The van der Waals surface area contributed by atoms with E-state index >= 15 is 0 Å². The van der Waals surface area contributed by atoms with Gasteiger partial charge < -0.3 is 19.8 Å². The van der Waals surface area contributed by atoms with E-state index in [0.717, 1.165) is 0 Å². The highest BCUT2D eigenvalue weighted by Gasteiger charge is 2.45. The predicted molar refractivity (Wildman–Crippen MR) is 107 cm³/mol. The molecule has 7 nitrogen and oxygen atoms in total. The normalized spacial score (nSPS) is 18.6. The van der Waals surface area contributed by atoms with Crippen LogP contribution in [-0.2, 0) is 14.3 Å². The third kappa shape index (κ3) is 4.46. The number of likely N-dealkylation sites (tertiary alicyclic amines) is 1. The molecule has 1 aliphatic heterocycles. The number of hydrogen-bond acceptors (Lipinski definition) is 6. The van der Waals surface area contributed by atoms with E-state index in [4.69, 9.17) is 4.74 Å². The number of rotatable bonds is 7. The minimum atomic E-state index is -0.797. The third-order valence-corrected chi connectivity index (χ3v) is 4.67. The number of phenols is 1. The largest absolute Gasteiger partial charge is 0.508 e. The van der Waals surface area contributed by atoms with Crippen LogP contribution in [-0.4, -0.2) is 51.0 Å². The Morgan fingerprint density at radius 1 is 1.21 bits per heavy atom. The Kier molecular flexibility index (Phi) is 6.29. The van der Waals surface area contributed by atoms with Gasteiger partial charge in [-0.3, -0.25) is 14.6 Å². The van der Waals surface area contributed by atoms with E-state index in [2.05, 4.69) is 4.98 Å². The predicted octanol–water partition coefficient (Wildman–Crippen LogP) is 3.02. The summed E-state index contributed by atoms with van der Waals surface area (Å²) in [6.45, 7) is 4.57. The van der Waals surface area contributed by atoms with E-state index < -0.39 is 17.7 Å². The van der Waals surface area contributed by atoms with E-state index in [1.54, 1.807) is 24.3 Å². The van der Waals surface area contributed by atoms with Crippen LogP contribution in [0.15, 0.2) is 54.4 Å². The summed E-state index contributed by atoms with van der Waals surface area (Å²) in [7, 11) is 0. The number of amides is 1. The number of aromatic nitrogens is 1.